The minimum absolute atomic E-state index is 0.0172. The van der Waals surface area contributed by atoms with Gasteiger partial charge < -0.3 is 15.4 Å². The van der Waals surface area contributed by atoms with E-state index in [0.717, 1.165) is 4.68 Å². The maximum absolute atomic E-state index is 13.8. The summed E-state index contributed by atoms with van der Waals surface area (Å²) in [5.74, 6) is -3.10. The number of pyridine rings is 1. The van der Waals surface area contributed by atoms with Crippen molar-refractivity contribution in [3.63, 3.8) is 0 Å². The van der Waals surface area contributed by atoms with Gasteiger partial charge in [0, 0.05) is 23.3 Å². The lowest BCUT2D eigenvalue weighted by molar-refractivity contribution is -0.145. The van der Waals surface area contributed by atoms with Gasteiger partial charge in [-0.05, 0) is 54.1 Å². The van der Waals surface area contributed by atoms with Crippen LogP contribution >= 0.6 is 23.2 Å². The SMILES string of the molecule is Cc1cc(Cl)cc(C(=O)NCc2ccccc2OC(F)F)c1NC(=O)c1cc(Cn2nnc(C(F)(F)F)n2)nn1-c1ncccc1Cl. The Kier molecular flexibility index (Phi) is 9.67. The highest BCUT2D eigenvalue weighted by Crippen LogP contribution is 2.29. The van der Waals surface area contributed by atoms with Gasteiger partial charge in [0.2, 0.25) is 0 Å². The first-order valence-corrected chi connectivity index (χ1v) is 14.0. The number of nitrogens with one attached hydrogen (secondary N) is 2. The number of nitrogens with zero attached hydrogens (tertiary/aromatic N) is 7. The first-order valence-electron chi connectivity index (χ1n) is 13.3. The molecule has 12 nitrogen and oxygen atoms in total. The normalized spacial score (nSPS) is 11.5. The Morgan fingerprint density at radius 1 is 1.02 bits per heavy atom. The van der Waals surface area contributed by atoms with Crippen LogP contribution in [0.3, 0.4) is 0 Å². The summed E-state index contributed by atoms with van der Waals surface area (Å²) in [6.45, 7) is -2.12. The molecule has 19 heteroatoms. The number of para-hydroxylation sites is 1. The summed E-state index contributed by atoms with van der Waals surface area (Å²) in [5, 5.41) is 19.5. The van der Waals surface area contributed by atoms with E-state index in [9.17, 15) is 31.5 Å². The highest BCUT2D eigenvalue weighted by atomic mass is 35.5. The topological polar surface area (TPSA) is 142 Å². The summed E-state index contributed by atoms with van der Waals surface area (Å²) < 4.78 is 70.2. The van der Waals surface area contributed by atoms with Crippen molar-refractivity contribution in [3.05, 3.63) is 105 Å². The number of halogens is 7. The number of amides is 2. The van der Waals surface area contributed by atoms with Gasteiger partial charge >= 0.3 is 12.8 Å². The summed E-state index contributed by atoms with van der Waals surface area (Å²) >= 11 is 12.5. The average Bonchev–Trinajstić information content (AvgIpc) is 3.65. The molecule has 0 aliphatic rings. The zero-order chi connectivity index (χ0) is 33.9. The largest absolute Gasteiger partial charge is 0.455 e. The molecule has 2 aromatic carbocycles. The molecule has 0 saturated carbocycles. The second kappa shape index (κ2) is 13.7. The van der Waals surface area contributed by atoms with Crippen molar-refractivity contribution in [2.75, 3.05) is 5.32 Å². The molecule has 0 saturated heterocycles. The Morgan fingerprint density at radius 2 is 1.79 bits per heavy atom. The summed E-state index contributed by atoms with van der Waals surface area (Å²) in [6.07, 6.45) is -3.44. The summed E-state index contributed by atoms with van der Waals surface area (Å²) in [7, 11) is 0. The van der Waals surface area contributed by atoms with E-state index in [2.05, 4.69) is 40.9 Å². The van der Waals surface area contributed by atoms with Crippen LogP contribution in [0.15, 0.2) is 60.8 Å². The van der Waals surface area contributed by atoms with Crippen LogP contribution in [0.1, 0.15) is 43.5 Å². The van der Waals surface area contributed by atoms with E-state index in [1.165, 1.54) is 54.7 Å². The molecular formula is C28H20Cl2F5N9O3. The van der Waals surface area contributed by atoms with Crippen molar-refractivity contribution in [3.8, 4) is 11.6 Å². The molecule has 2 N–H and O–H groups in total. The fourth-order valence-corrected chi connectivity index (χ4v) is 4.80. The Labute approximate surface area is 271 Å². The first kappa shape index (κ1) is 33.2. The van der Waals surface area contributed by atoms with Crippen LogP contribution in [0.25, 0.3) is 5.82 Å². The molecule has 0 unspecified atom stereocenters. The number of aryl methyl sites for hydroxylation is 1. The van der Waals surface area contributed by atoms with Crippen molar-refractivity contribution in [1.29, 1.82) is 0 Å². The zero-order valence-electron chi connectivity index (χ0n) is 23.8. The monoisotopic (exact) mass is 695 g/mol. The fraction of sp³-hybridized carbons (Fsp3) is 0.179. The zero-order valence-corrected chi connectivity index (χ0v) is 25.3. The molecular weight excluding hydrogens is 676 g/mol. The first-order chi connectivity index (χ1) is 22.3. The van der Waals surface area contributed by atoms with Crippen LogP contribution in [0.4, 0.5) is 27.6 Å². The van der Waals surface area contributed by atoms with E-state index in [0.29, 0.717) is 10.4 Å². The van der Waals surface area contributed by atoms with Crippen LogP contribution < -0.4 is 15.4 Å². The molecule has 0 atom stereocenters. The molecule has 0 aliphatic heterocycles. The molecule has 2 amide bonds. The predicted octanol–water partition coefficient (Wildman–Crippen LogP) is 5.72. The number of carbonyl (C=O) groups is 2. The molecule has 0 fully saturated rings. The molecule has 3 heterocycles. The molecule has 0 aliphatic carbocycles. The molecule has 3 aromatic heterocycles. The second-order valence-electron chi connectivity index (χ2n) is 9.65. The third-order valence-corrected chi connectivity index (χ3v) is 6.87. The van der Waals surface area contributed by atoms with Crippen molar-refractivity contribution in [2.24, 2.45) is 0 Å². The number of aromatic nitrogens is 7. The number of alkyl halides is 5. The lowest BCUT2D eigenvalue weighted by Gasteiger charge is -2.16. The van der Waals surface area contributed by atoms with E-state index in [1.54, 1.807) is 13.0 Å². The third-order valence-electron chi connectivity index (χ3n) is 6.35. The van der Waals surface area contributed by atoms with E-state index >= 15 is 0 Å². The molecule has 5 aromatic rings. The van der Waals surface area contributed by atoms with Crippen LogP contribution in [-0.4, -0.2) is 53.4 Å². The molecule has 47 heavy (non-hydrogen) atoms. The van der Waals surface area contributed by atoms with Gasteiger partial charge in [-0.25, -0.2) is 9.67 Å². The smallest absolute Gasteiger partial charge is 0.434 e. The number of hydrogen-bond donors (Lipinski definition) is 2. The number of ether oxygens (including phenoxy) is 1. The van der Waals surface area contributed by atoms with E-state index in [1.807, 2.05) is 0 Å². The van der Waals surface area contributed by atoms with Gasteiger partial charge in [-0.15, -0.1) is 10.2 Å². The Bertz CT molecular complexity index is 1950. The van der Waals surface area contributed by atoms with Gasteiger partial charge in [-0.1, -0.05) is 41.4 Å². The molecule has 0 spiro atoms. The highest BCUT2D eigenvalue weighted by molar-refractivity contribution is 6.32. The van der Waals surface area contributed by atoms with Crippen LogP contribution in [0.5, 0.6) is 5.75 Å². The standard InChI is InChI=1S/C28H20Cl2F5N9O3/c1-14-9-16(29)10-18(24(45)37-12-15-5-2-3-7-21(15)47-27(31)32)22(14)38-25(46)20-11-17(13-43-41-26(39-42-43)28(33,34)35)40-44(20)23-19(30)6-4-8-36-23/h2-11,27H,12-13H2,1H3,(H,37,45)(H,38,46). The maximum Gasteiger partial charge on any atom is 0.455 e. The van der Waals surface area contributed by atoms with Crippen LogP contribution in [0, 0.1) is 6.92 Å². The molecule has 0 radical (unpaired) electrons. The Balaban J connectivity index is 1.45. The van der Waals surface area contributed by atoms with Gasteiger partial charge in [-0.3, -0.25) is 9.59 Å². The quantitative estimate of drug-likeness (QED) is 0.177. The van der Waals surface area contributed by atoms with Crippen molar-refractivity contribution >= 4 is 40.7 Å². The minimum atomic E-state index is -4.83. The van der Waals surface area contributed by atoms with E-state index in [-0.39, 0.29) is 56.4 Å². The number of rotatable bonds is 10. The van der Waals surface area contributed by atoms with Crippen LogP contribution in [0.2, 0.25) is 10.0 Å². The molecule has 244 valence electrons. The van der Waals surface area contributed by atoms with Gasteiger partial charge in [0.05, 0.1) is 22.0 Å². The van der Waals surface area contributed by atoms with Gasteiger partial charge in [-0.2, -0.15) is 31.8 Å². The van der Waals surface area contributed by atoms with Crippen molar-refractivity contribution in [1.82, 2.24) is 40.3 Å². The third kappa shape index (κ3) is 7.81. The summed E-state index contributed by atoms with van der Waals surface area (Å²) in [5.41, 5.74) is 0.492. The number of hydrogen-bond acceptors (Lipinski definition) is 8. The van der Waals surface area contributed by atoms with Crippen molar-refractivity contribution < 1.29 is 36.3 Å². The summed E-state index contributed by atoms with van der Waals surface area (Å²) in [4.78, 5) is 31.9. The van der Waals surface area contributed by atoms with Gasteiger partial charge in [0.25, 0.3) is 17.6 Å². The van der Waals surface area contributed by atoms with Crippen molar-refractivity contribution in [2.45, 2.75) is 32.8 Å². The predicted molar refractivity (Wildman–Crippen MR) is 157 cm³/mol. The van der Waals surface area contributed by atoms with Crippen LogP contribution in [-0.2, 0) is 19.3 Å². The number of benzene rings is 2. The molecule has 0 bridgehead atoms. The summed E-state index contributed by atoms with van der Waals surface area (Å²) in [6, 6.07) is 12.9. The van der Waals surface area contributed by atoms with E-state index in [4.69, 9.17) is 23.2 Å². The van der Waals surface area contributed by atoms with Gasteiger partial charge in [0.1, 0.15) is 18.0 Å². The second-order valence-corrected chi connectivity index (χ2v) is 10.5. The Morgan fingerprint density at radius 3 is 2.49 bits per heavy atom. The lowest BCUT2D eigenvalue weighted by Crippen LogP contribution is -2.26. The fourth-order valence-electron chi connectivity index (χ4n) is 4.33. The van der Waals surface area contributed by atoms with Gasteiger partial charge in [0.15, 0.2) is 5.82 Å². The maximum atomic E-state index is 13.8. The number of carbonyl (C=O) groups excluding carboxylic acids is 2. The minimum Gasteiger partial charge on any atom is -0.434 e. The number of anilines is 1. The number of tetrazole rings is 1. The average molecular weight is 696 g/mol. The van der Waals surface area contributed by atoms with E-state index < -0.39 is 37.0 Å². The lowest BCUT2D eigenvalue weighted by atomic mass is 10.1. The highest BCUT2D eigenvalue weighted by Gasteiger charge is 2.37. The molecule has 5 rings (SSSR count). The Hall–Kier alpha value is -5.16.